The van der Waals surface area contributed by atoms with Crippen LogP contribution >= 0.6 is 34.8 Å². The van der Waals surface area contributed by atoms with Crippen molar-refractivity contribution >= 4 is 44.8 Å². The second kappa shape index (κ2) is 5.78. The zero-order valence-electron chi connectivity index (χ0n) is 10.3. The van der Waals surface area contributed by atoms with Crippen molar-refractivity contribution in [3.63, 3.8) is 0 Å². The topological polar surface area (TPSA) is 37.4 Å². The highest BCUT2D eigenvalue weighted by Crippen LogP contribution is 2.32. The maximum Gasteiger partial charge on any atom is 0.243 e. The quantitative estimate of drug-likeness (QED) is 0.787. The van der Waals surface area contributed by atoms with Crippen molar-refractivity contribution in [2.75, 3.05) is 12.4 Å². The van der Waals surface area contributed by atoms with E-state index in [-0.39, 0.29) is 22.7 Å². The van der Waals surface area contributed by atoms with Crippen molar-refractivity contribution < 1.29 is 8.42 Å². The Morgan fingerprint density at radius 3 is 2.37 bits per heavy atom. The third-order valence-electron chi connectivity index (χ3n) is 3.43. The molecule has 0 aliphatic carbocycles. The predicted octanol–water partition coefficient (Wildman–Crippen LogP) is 3.63. The number of nitrogens with zero attached hydrogens (tertiary/aromatic N) is 1. The Labute approximate surface area is 128 Å². The number of halogens is 3. The van der Waals surface area contributed by atoms with Gasteiger partial charge >= 0.3 is 0 Å². The summed E-state index contributed by atoms with van der Waals surface area (Å²) in [6.45, 7) is 2.48. The van der Waals surface area contributed by atoms with E-state index in [4.69, 9.17) is 34.8 Å². The number of hydrogen-bond acceptors (Lipinski definition) is 2. The number of sulfonamides is 1. The van der Waals surface area contributed by atoms with Gasteiger partial charge < -0.3 is 0 Å². The van der Waals surface area contributed by atoms with Crippen molar-refractivity contribution in [2.24, 2.45) is 5.92 Å². The van der Waals surface area contributed by atoms with Gasteiger partial charge in [-0.25, -0.2) is 8.42 Å². The number of alkyl halides is 1. The first kappa shape index (κ1) is 15.4. The Morgan fingerprint density at radius 2 is 1.84 bits per heavy atom. The lowest BCUT2D eigenvalue weighted by atomic mass is 10.1. The van der Waals surface area contributed by atoms with Gasteiger partial charge in [-0.05, 0) is 30.5 Å². The molecule has 7 heteroatoms. The summed E-state index contributed by atoms with van der Waals surface area (Å²) in [5.41, 5.74) is 0. The monoisotopic (exact) mass is 341 g/mol. The van der Waals surface area contributed by atoms with E-state index in [9.17, 15) is 8.42 Å². The fourth-order valence-corrected chi connectivity index (χ4v) is 5.33. The standard InChI is InChI=1S/C12H14Cl3NO2S/c1-8-2-3-16(12(8)7-13)19(17,18)11-5-9(14)4-10(15)6-11/h4-6,8,12H,2-3,7H2,1H3. The Morgan fingerprint density at radius 1 is 1.26 bits per heavy atom. The van der Waals surface area contributed by atoms with E-state index in [1.807, 2.05) is 6.92 Å². The molecular formula is C12H14Cl3NO2S. The van der Waals surface area contributed by atoms with Crippen LogP contribution in [0.25, 0.3) is 0 Å². The molecule has 2 rings (SSSR count). The van der Waals surface area contributed by atoms with Crippen LogP contribution in [-0.4, -0.2) is 31.2 Å². The van der Waals surface area contributed by atoms with E-state index >= 15 is 0 Å². The highest BCUT2D eigenvalue weighted by Gasteiger charge is 2.39. The van der Waals surface area contributed by atoms with Crippen LogP contribution in [0.2, 0.25) is 10.0 Å². The van der Waals surface area contributed by atoms with Gasteiger partial charge in [0.1, 0.15) is 0 Å². The molecule has 1 saturated heterocycles. The van der Waals surface area contributed by atoms with Crippen molar-refractivity contribution in [2.45, 2.75) is 24.3 Å². The SMILES string of the molecule is CC1CCN(S(=O)(=O)c2cc(Cl)cc(Cl)c2)C1CCl. The first-order valence-corrected chi connectivity index (χ1v) is 8.63. The largest absolute Gasteiger partial charge is 0.243 e. The molecule has 1 aromatic carbocycles. The lowest BCUT2D eigenvalue weighted by molar-refractivity contribution is 0.375. The molecule has 1 aromatic rings. The summed E-state index contributed by atoms with van der Waals surface area (Å²) in [5.74, 6) is 0.538. The molecule has 0 bridgehead atoms. The molecule has 1 heterocycles. The smallest absolute Gasteiger partial charge is 0.207 e. The molecule has 2 atom stereocenters. The first-order chi connectivity index (χ1) is 8.86. The third kappa shape index (κ3) is 3.03. The minimum atomic E-state index is -3.60. The molecule has 0 spiro atoms. The third-order valence-corrected chi connectivity index (χ3v) is 6.09. The zero-order valence-corrected chi connectivity index (χ0v) is 13.4. The first-order valence-electron chi connectivity index (χ1n) is 5.90. The number of hydrogen-bond donors (Lipinski definition) is 0. The van der Waals surface area contributed by atoms with Gasteiger partial charge in [0.05, 0.1) is 4.90 Å². The molecule has 0 aromatic heterocycles. The van der Waals surface area contributed by atoms with Gasteiger partial charge in [-0.2, -0.15) is 4.31 Å². The van der Waals surface area contributed by atoms with E-state index in [2.05, 4.69) is 0 Å². The average Bonchev–Trinajstić information content (AvgIpc) is 2.69. The lowest BCUT2D eigenvalue weighted by Crippen LogP contribution is -2.38. The van der Waals surface area contributed by atoms with Gasteiger partial charge in [-0.15, -0.1) is 11.6 Å². The van der Waals surface area contributed by atoms with E-state index < -0.39 is 10.0 Å². The maximum absolute atomic E-state index is 12.6. The van der Waals surface area contributed by atoms with Gasteiger partial charge in [0.2, 0.25) is 10.0 Å². The van der Waals surface area contributed by atoms with Crippen LogP contribution in [0.1, 0.15) is 13.3 Å². The van der Waals surface area contributed by atoms with Crippen molar-refractivity contribution in [1.29, 1.82) is 0 Å². The summed E-state index contributed by atoms with van der Waals surface area (Å²) in [6.07, 6.45) is 0.810. The normalized spacial score (nSPS) is 24.8. The number of benzene rings is 1. The van der Waals surface area contributed by atoms with Crippen LogP contribution in [0, 0.1) is 5.92 Å². The summed E-state index contributed by atoms with van der Waals surface area (Å²) in [4.78, 5) is 0.120. The van der Waals surface area contributed by atoms with E-state index in [0.29, 0.717) is 16.6 Å². The molecule has 3 nitrogen and oxygen atoms in total. The minimum absolute atomic E-state index is 0.120. The molecule has 1 aliphatic heterocycles. The zero-order chi connectivity index (χ0) is 14.2. The minimum Gasteiger partial charge on any atom is -0.207 e. The molecular weight excluding hydrogens is 329 g/mol. The summed E-state index contributed by atoms with van der Waals surface area (Å²) in [7, 11) is -3.60. The fourth-order valence-electron chi connectivity index (χ4n) is 2.31. The Balaban J connectivity index is 2.42. The van der Waals surface area contributed by atoms with Crippen molar-refractivity contribution in [3.8, 4) is 0 Å². The molecule has 0 saturated carbocycles. The highest BCUT2D eigenvalue weighted by molar-refractivity contribution is 7.89. The molecule has 2 unspecified atom stereocenters. The van der Waals surface area contributed by atoms with Crippen LogP contribution in [0.3, 0.4) is 0 Å². The van der Waals surface area contributed by atoms with E-state index in [1.54, 1.807) is 0 Å². The second-order valence-corrected chi connectivity index (χ2v) is 7.78. The van der Waals surface area contributed by atoms with Crippen LogP contribution in [-0.2, 0) is 10.0 Å². The summed E-state index contributed by atoms with van der Waals surface area (Å²) < 4.78 is 26.7. The van der Waals surface area contributed by atoms with Gasteiger partial charge in [0, 0.05) is 28.5 Å². The van der Waals surface area contributed by atoms with Gasteiger partial charge in [0.15, 0.2) is 0 Å². The van der Waals surface area contributed by atoms with Gasteiger partial charge in [-0.1, -0.05) is 30.1 Å². The average molecular weight is 343 g/mol. The molecule has 0 radical (unpaired) electrons. The van der Waals surface area contributed by atoms with Gasteiger partial charge in [-0.3, -0.25) is 0 Å². The molecule has 19 heavy (non-hydrogen) atoms. The molecule has 1 aliphatic rings. The summed E-state index contributed by atoms with van der Waals surface area (Å²) in [6, 6.07) is 4.16. The highest BCUT2D eigenvalue weighted by atomic mass is 35.5. The Hall–Kier alpha value is -0.000000000000000111. The number of rotatable bonds is 3. The van der Waals surface area contributed by atoms with E-state index in [0.717, 1.165) is 6.42 Å². The maximum atomic E-state index is 12.6. The van der Waals surface area contributed by atoms with Gasteiger partial charge in [0.25, 0.3) is 0 Å². The summed E-state index contributed by atoms with van der Waals surface area (Å²) >= 11 is 17.6. The van der Waals surface area contributed by atoms with Crippen molar-refractivity contribution in [1.82, 2.24) is 4.31 Å². The van der Waals surface area contributed by atoms with E-state index in [1.165, 1.54) is 22.5 Å². The molecule has 106 valence electrons. The Bertz CT molecular complexity index is 556. The lowest BCUT2D eigenvalue weighted by Gasteiger charge is -2.24. The van der Waals surface area contributed by atoms with Crippen LogP contribution in [0.5, 0.6) is 0 Å². The van der Waals surface area contributed by atoms with Crippen molar-refractivity contribution in [3.05, 3.63) is 28.2 Å². The summed E-state index contributed by atoms with van der Waals surface area (Å²) in [5, 5.41) is 0.612. The predicted molar refractivity (Wildman–Crippen MR) is 78.6 cm³/mol. The molecule has 0 amide bonds. The van der Waals surface area contributed by atoms with Crippen LogP contribution in [0.15, 0.2) is 23.1 Å². The second-order valence-electron chi connectivity index (χ2n) is 4.71. The van der Waals surface area contributed by atoms with Crippen LogP contribution < -0.4 is 0 Å². The molecule has 1 fully saturated rings. The molecule has 0 N–H and O–H groups in total. The fraction of sp³-hybridized carbons (Fsp3) is 0.500. The van der Waals surface area contributed by atoms with Crippen LogP contribution in [0.4, 0.5) is 0 Å². The Kier molecular flexibility index (Phi) is 4.68.